The summed E-state index contributed by atoms with van der Waals surface area (Å²) in [6, 6.07) is 15.4. The van der Waals surface area contributed by atoms with Gasteiger partial charge in [-0.3, -0.25) is 9.59 Å². The van der Waals surface area contributed by atoms with Crippen molar-refractivity contribution in [1.82, 2.24) is 4.73 Å². The third kappa shape index (κ3) is 4.52. The van der Waals surface area contributed by atoms with Crippen molar-refractivity contribution < 1.29 is 18.8 Å². The van der Waals surface area contributed by atoms with Gasteiger partial charge in [0.05, 0.1) is 7.11 Å². The maximum absolute atomic E-state index is 12.9. The number of methoxy groups -OCH3 is 1. The number of aromatic nitrogens is 1. The van der Waals surface area contributed by atoms with E-state index in [1.807, 2.05) is 12.1 Å². The highest BCUT2D eigenvalue weighted by Gasteiger charge is 2.13. The first kappa shape index (κ1) is 18.2. The summed E-state index contributed by atoms with van der Waals surface area (Å²) in [6.45, 7) is 0.146. The van der Waals surface area contributed by atoms with Gasteiger partial charge in [0, 0.05) is 11.9 Å². The van der Waals surface area contributed by atoms with Gasteiger partial charge in [-0.1, -0.05) is 12.1 Å². The monoisotopic (exact) mass is 368 g/mol. The summed E-state index contributed by atoms with van der Waals surface area (Å²) < 4.78 is 19.0. The van der Waals surface area contributed by atoms with E-state index in [9.17, 15) is 14.0 Å². The fourth-order valence-electron chi connectivity index (χ4n) is 2.35. The van der Waals surface area contributed by atoms with Crippen molar-refractivity contribution in [2.24, 2.45) is 0 Å². The fourth-order valence-corrected chi connectivity index (χ4v) is 2.35. The van der Waals surface area contributed by atoms with Crippen molar-refractivity contribution in [3.05, 3.63) is 94.2 Å². The Labute approximate surface area is 154 Å². The largest absolute Gasteiger partial charge is 0.497 e. The van der Waals surface area contributed by atoms with Crippen LogP contribution >= 0.6 is 0 Å². The van der Waals surface area contributed by atoms with Crippen LogP contribution in [0.2, 0.25) is 0 Å². The van der Waals surface area contributed by atoms with Crippen LogP contribution in [-0.4, -0.2) is 17.7 Å². The van der Waals surface area contributed by atoms with Gasteiger partial charge in [-0.05, 0) is 54.1 Å². The van der Waals surface area contributed by atoms with Gasteiger partial charge in [-0.2, -0.15) is 4.73 Å². The van der Waals surface area contributed by atoms with Gasteiger partial charge in [0.1, 0.15) is 23.7 Å². The van der Waals surface area contributed by atoms with Crippen molar-refractivity contribution in [3.8, 4) is 5.75 Å². The summed E-state index contributed by atoms with van der Waals surface area (Å²) in [4.78, 5) is 30.3. The zero-order chi connectivity index (χ0) is 19.2. The van der Waals surface area contributed by atoms with Crippen molar-refractivity contribution >= 4 is 11.6 Å². The number of benzene rings is 2. The number of carbonyl (C=O) groups excluding carboxylic acids is 1. The third-order valence-electron chi connectivity index (χ3n) is 3.79. The Balaban J connectivity index is 1.71. The predicted molar refractivity (Wildman–Crippen MR) is 98.3 cm³/mol. The zero-order valence-corrected chi connectivity index (χ0v) is 14.5. The van der Waals surface area contributed by atoms with Gasteiger partial charge < -0.3 is 14.9 Å². The van der Waals surface area contributed by atoms with Gasteiger partial charge >= 0.3 is 0 Å². The number of nitrogens with one attached hydrogen (secondary N) is 1. The van der Waals surface area contributed by atoms with Gasteiger partial charge in [0.25, 0.3) is 11.5 Å². The van der Waals surface area contributed by atoms with Crippen molar-refractivity contribution in [3.63, 3.8) is 0 Å². The number of anilines is 1. The van der Waals surface area contributed by atoms with Crippen LogP contribution in [0.1, 0.15) is 15.9 Å². The number of hydrogen-bond acceptors (Lipinski definition) is 4. The molecule has 0 bridgehead atoms. The molecule has 138 valence electrons. The fraction of sp³-hybridized carbons (Fsp3) is 0.100. The Hall–Kier alpha value is -3.61. The van der Waals surface area contributed by atoms with Crippen LogP contribution in [0.3, 0.4) is 0 Å². The highest BCUT2D eigenvalue weighted by atomic mass is 19.1. The van der Waals surface area contributed by atoms with Crippen LogP contribution in [0.4, 0.5) is 10.1 Å². The molecule has 0 fully saturated rings. The molecule has 1 N–H and O–H groups in total. The molecule has 0 spiro atoms. The molecule has 3 aromatic rings. The quantitative estimate of drug-likeness (QED) is 0.726. The average molecular weight is 368 g/mol. The number of carbonyl (C=O) groups is 1. The lowest BCUT2D eigenvalue weighted by atomic mass is 10.2. The summed E-state index contributed by atoms with van der Waals surface area (Å²) >= 11 is 0. The van der Waals surface area contributed by atoms with Crippen LogP contribution in [0.25, 0.3) is 0 Å². The Morgan fingerprint density at radius 3 is 2.44 bits per heavy atom. The van der Waals surface area contributed by atoms with Gasteiger partial charge in [0.2, 0.25) is 0 Å². The lowest BCUT2D eigenvalue weighted by Gasteiger charge is -2.10. The third-order valence-corrected chi connectivity index (χ3v) is 3.79. The highest BCUT2D eigenvalue weighted by Crippen LogP contribution is 2.11. The lowest BCUT2D eigenvalue weighted by Crippen LogP contribution is -2.32. The standard InChI is InChI=1S/C20H17FN2O4/c1-26-17-10-4-14(5-11-17)13-27-23-12-2-3-18(20(23)25)19(24)22-16-8-6-15(21)7-9-16/h2-12H,13H2,1H3,(H,22,24). The number of hydrogen-bond donors (Lipinski definition) is 1. The van der Waals surface area contributed by atoms with Crippen LogP contribution in [0.15, 0.2) is 71.7 Å². The van der Waals surface area contributed by atoms with E-state index in [4.69, 9.17) is 9.57 Å². The van der Waals surface area contributed by atoms with Crippen molar-refractivity contribution in [2.45, 2.75) is 6.61 Å². The first-order valence-electron chi connectivity index (χ1n) is 8.11. The number of halogens is 1. The maximum atomic E-state index is 12.9. The van der Waals surface area contributed by atoms with E-state index in [2.05, 4.69) is 5.32 Å². The summed E-state index contributed by atoms with van der Waals surface area (Å²) in [5.74, 6) is -0.300. The number of amides is 1. The molecule has 1 amide bonds. The Bertz CT molecular complexity index is 982. The number of pyridine rings is 1. The molecule has 0 aliphatic rings. The summed E-state index contributed by atoms with van der Waals surface area (Å²) in [5.41, 5.74) is 0.543. The molecule has 0 saturated heterocycles. The molecule has 2 aromatic carbocycles. The van der Waals surface area contributed by atoms with E-state index in [-0.39, 0.29) is 12.2 Å². The van der Waals surface area contributed by atoms with Crippen LogP contribution < -0.4 is 20.5 Å². The minimum Gasteiger partial charge on any atom is -0.497 e. The molecule has 7 heteroatoms. The topological polar surface area (TPSA) is 69.6 Å². The molecule has 0 atom stereocenters. The minimum absolute atomic E-state index is 0.0865. The molecule has 6 nitrogen and oxygen atoms in total. The predicted octanol–water partition coefficient (Wildman–Crippen LogP) is 2.88. The second kappa shape index (κ2) is 8.18. The molecule has 0 aliphatic heterocycles. The van der Waals surface area contributed by atoms with Gasteiger partial charge in [0.15, 0.2) is 0 Å². The smallest absolute Gasteiger partial charge is 0.295 e. The molecular weight excluding hydrogens is 351 g/mol. The Morgan fingerprint density at radius 1 is 1.07 bits per heavy atom. The molecule has 27 heavy (non-hydrogen) atoms. The summed E-state index contributed by atoms with van der Waals surface area (Å²) in [7, 11) is 1.58. The van der Waals surface area contributed by atoms with E-state index in [1.54, 1.807) is 19.2 Å². The normalized spacial score (nSPS) is 10.3. The molecule has 0 radical (unpaired) electrons. The van der Waals surface area contributed by atoms with E-state index in [0.717, 1.165) is 16.0 Å². The maximum Gasteiger partial charge on any atom is 0.295 e. The van der Waals surface area contributed by atoms with E-state index in [0.29, 0.717) is 5.69 Å². The Morgan fingerprint density at radius 2 is 1.78 bits per heavy atom. The average Bonchev–Trinajstić information content (AvgIpc) is 2.69. The zero-order valence-electron chi connectivity index (χ0n) is 14.5. The Kier molecular flexibility index (Phi) is 5.51. The SMILES string of the molecule is COc1ccc(COn2cccc(C(=O)Nc3ccc(F)cc3)c2=O)cc1. The minimum atomic E-state index is -0.603. The lowest BCUT2D eigenvalue weighted by molar-refractivity contribution is 0.0863. The van der Waals surface area contributed by atoms with E-state index in [1.165, 1.54) is 42.6 Å². The molecule has 0 saturated carbocycles. The second-order valence-corrected chi connectivity index (χ2v) is 5.64. The first-order chi connectivity index (χ1) is 13.1. The molecular formula is C20H17FN2O4. The number of rotatable bonds is 6. The van der Waals surface area contributed by atoms with E-state index < -0.39 is 17.3 Å². The molecule has 3 rings (SSSR count). The molecule has 0 unspecified atom stereocenters. The van der Waals surface area contributed by atoms with Crippen molar-refractivity contribution in [2.75, 3.05) is 12.4 Å². The summed E-state index contributed by atoms with van der Waals surface area (Å²) in [6.07, 6.45) is 1.43. The van der Waals surface area contributed by atoms with Crippen molar-refractivity contribution in [1.29, 1.82) is 0 Å². The summed E-state index contributed by atoms with van der Waals surface area (Å²) in [5, 5.41) is 2.55. The van der Waals surface area contributed by atoms with E-state index >= 15 is 0 Å². The van der Waals surface area contributed by atoms with Gasteiger partial charge in [-0.15, -0.1) is 0 Å². The number of nitrogens with zero attached hydrogens (tertiary/aromatic N) is 1. The first-order valence-corrected chi connectivity index (χ1v) is 8.11. The second-order valence-electron chi connectivity index (χ2n) is 5.64. The molecule has 1 aromatic heterocycles. The van der Waals surface area contributed by atoms with Crippen LogP contribution in [-0.2, 0) is 6.61 Å². The van der Waals surface area contributed by atoms with Crippen LogP contribution in [0.5, 0.6) is 5.75 Å². The highest BCUT2D eigenvalue weighted by molar-refractivity contribution is 6.03. The number of ether oxygens (including phenoxy) is 1. The van der Waals surface area contributed by atoms with Gasteiger partial charge in [-0.25, -0.2) is 4.39 Å². The van der Waals surface area contributed by atoms with Crippen LogP contribution in [0, 0.1) is 5.82 Å². The molecule has 1 heterocycles. The molecule has 0 aliphatic carbocycles.